The van der Waals surface area contributed by atoms with E-state index in [9.17, 15) is 9.00 Å². The molecule has 6 nitrogen and oxygen atoms in total. The van der Waals surface area contributed by atoms with Gasteiger partial charge in [-0.15, -0.1) is 0 Å². The number of hydrogen-bond donors (Lipinski definition) is 2. The van der Waals surface area contributed by atoms with E-state index in [4.69, 9.17) is 10.5 Å². The predicted octanol–water partition coefficient (Wildman–Crippen LogP) is 2.95. The van der Waals surface area contributed by atoms with Crippen LogP contribution >= 0.6 is 0 Å². The molecule has 0 aliphatic heterocycles. The Morgan fingerprint density at radius 2 is 2.04 bits per heavy atom. The van der Waals surface area contributed by atoms with E-state index in [0.717, 1.165) is 5.56 Å². The van der Waals surface area contributed by atoms with Crippen molar-refractivity contribution < 1.29 is 13.7 Å². The van der Waals surface area contributed by atoms with E-state index in [0.29, 0.717) is 29.3 Å². The SMILES string of the molecule is CN=S(=O)(CCCNC(=O)OC(C)(C)C)c1ccc(N)cc1C. The molecule has 0 bridgehead atoms. The second-order valence-electron chi connectivity index (χ2n) is 6.33. The highest BCUT2D eigenvalue weighted by molar-refractivity contribution is 7.93. The van der Waals surface area contributed by atoms with Crippen LogP contribution in [0.3, 0.4) is 0 Å². The zero-order chi connectivity index (χ0) is 17.7. The highest BCUT2D eigenvalue weighted by atomic mass is 32.2. The Balaban J connectivity index is 2.64. The molecular weight excluding hydrogens is 314 g/mol. The predicted molar refractivity (Wildman–Crippen MR) is 94.1 cm³/mol. The summed E-state index contributed by atoms with van der Waals surface area (Å²) < 4.78 is 22.3. The number of rotatable bonds is 5. The number of amides is 1. The Bertz CT molecular complexity index is 672. The first-order valence-corrected chi connectivity index (χ1v) is 9.22. The lowest BCUT2D eigenvalue weighted by Crippen LogP contribution is -2.33. The number of carbonyl (C=O) groups is 1. The maximum Gasteiger partial charge on any atom is 0.407 e. The second-order valence-corrected chi connectivity index (χ2v) is 8.83. The number of hydrogen-bond acceptors (Lipinski definition) is 5. The molecule has 23 heavy (non-hydrogen) atoms. The number of ether oxygens (including phenoxy) is 1. The molecule has 1 aromatic rings. The summed E-state index contributed by atoms with van der Waals surface area (Å²) >= 11 is 0. The lowest BCUT2D eigenvalue weighted by atomic mass is 10.2. The van der Waals surface area contributed by atoms with Crippen LogP contribution < -0.4 is 11.1 Å². The quantitative estimate of drug-likeness (QED) is 0.636. The molecule has 0 heterocycles. The van der Waals surface area contributed by atoms with Gasteiger partial charge >= 0.3 is 6.09 Å². The van der Waals surface area contributed by atoms with Crippen LogP contribution in [0.1, 0.15) is 32.8 Å². The normalized spacial score (nSPS) is 14.0. The number of benzene rings is 1. The van der Waals surface area contributed by atoms with Gasteiger partial charge in [-0.2, -0.15) is 0 Å². The molecule has 0 saturated carbocycles. The van der Waals surface area contributed by atoms with Crippen LogP contribution in [0.25, 0.3) is 0 Å². The Kier molecular flexibility index (Phi) is 6.44. The van der Waals surface area contributed by atoms with E-state index in [2.05, 4.69) is 9.68 Å². The van der Waals surface area contributed by atoms with E-state index in [1.165, 1.54) is 0 Å². The van der Waals surface area contributed by atoms with Crippen molar-refractivity contribution in [1.29, 1.82) is 0 Å². The summed E-state index contributed by atoms with van der Waals surface area (Å²) in [5.74, 6) is 0.365. The molecule has 1 unspecified atom stereocenters. The average molecular weight is 341 g/mol. The van der Waals surface area contributed by atoms with E-state index in [-0.39, 0.29) is 0 Å². The molecule has 1 rings (SSSR count). The molecule has 130 valence electrons. The van der Waals surface area contributed by atoms with Gasteiger partial charge in [0, 0.05) is 25.0 Å². The number of nitrogens with one attached hydrogen (secondary N) is 1. The summed E-state index contributed by atoms with van der Waals surface area (Å²) in [7, 11) is -0.954. The maximum atomic E-state index is 13.0. The Hall–Kier alpha value is -1.76. The lowest BCUT2D eigenvalue weighted by molar-refractivity contribution is 0.0528. The second kappa shape index (κ2) is 7.68. The minimum absolute atomic E-state index is 0.365. The Morgan fingerprint density at radius 1 is 1.39 bits per heavy atom. The Labute approximate surface area is 139 Å². The van der Waals surface area contributed by atoms with E-state index in [1.54, 1.807) is 46.0 Å². The smallest absolute Gasteiger partial charge is 0.407 e. The fourth-order valence-corrected chi connectivity index (χ4v) is 4.08. The summed E-state index contributed by atoms with van der Waals surface area (Å²) in [5.41, 5.74) is 6.70. The van der Waals surface area contributed by atoms with Gasteiger partial charge in [-0.3, -0.25) is 0 Å². The summed E-state index contributed by atoms with van der Waals surface area (Å²) in [6.07, 6.45) is 0.0697. The van der Waals surface area contributed by atoms with Crippen LogP contribution in [-0.4, -0.2) is 35.2 Å². The third-order valence-electron chi connectivity index (χ3n) is 3.10. The van der Waals surface area contributed by atoms with Gasteiger partial charge in [0.15, 0.2) is 0 Å². The number of carbonyl (C=O) groups excluding carboxylic acids is 1. The maximum absolute atomic E-state index is 13.0. The minimum atomic E-state index is -2.51. The van der Waals surface area contributed by atoms with Crippen LogP contribution in [0.5, 0.6) is 0 Å². The molecule has 1 amide bonds. The molecule has 0 spiro atoms. The fourth-order valence-electron chi connectivity index (χ4n) is 2.10. The van der Waals surface area contributed by atoms with Gasteiger partial charge in [-0.25, -0.2) is 13.4 Å². The fraction of sp³-hybridized carbons (Fsp3) is 0.562. The van der Waals surface area contributed by atoms with E-state index in [1.807, 2.05) is 6.92 Å². The van der Waals surface area contributed by atoms with Crippen LogP contribution in [0.4, 0.5) is 10.5 Å². The van der Waals surface area contributed by atoms with E-state index >= 15 is 0 Å². The van der Waals surface area contributed by atoms with Crippen LogP contribution in [0.2, 0.25) is 0 Å². The summed E-state index contributed by atoms with van der Waals surface area (Å²) in [4.78, 5) is 12.3. The molecule has 0 aliphatic carbocycles. The number of nitrogens with two attached hydrogens (primary N) is 1. The summed E-state index contributed by atoms with van der Waals surface area (Å²) in [6, 6.07) is 5.28. The molecule has 3 N–H and O–H groups in total. The van der Waals surface area contributed by atoms with Crippen molar-refractivity contribution in [2.24, 2.45) is 4.36 Å². The third kappa shape index (κ3) is 6.09. The van der Waals surface area contributed by atoms with Crippen LogP contribution in [0, 0.1) is 6.92 Å². The molecule has 1 atom stereocenters. The summed E-state index contributed by atoms with van der Waals surface area (Å²) in [5, 5.41) is 2.66. The molecule has 0 aromatic heterocycles. The Morgan fingerprint density at radius 3 is 2.57 bits per heavy atom. The van der Waals surface area contributed by atoms with Crippen LogP contribution in [0.15, 0.2) is 27.5 Å². The van der Waals surface area contributed by atoms with Crippen molar-refractivity contribution in [1.82, 2.24) is 5.32 Å². The number of aryl methyl sites for hydroxylation is 1. The van der Waals surface area contributed by atoms with Gasteiger partial charge < -0.3 is 15.8 Å². The number of nitrogens with zero attached hydrogens (tertiary/aromatic N) is 1. The summed E-state index contributed by atoms with van der Waals surface area (Å²) in [6.45, 7) is 7.67. The zero-order valence-corrected chi connectivity index (χ0v) is 15.3. The highest BCUT2D eigenvalue weighted by Crippen LogP contribution is 2.21. The van der Waals surface area contributed by atoms with Crippen molar-refractivity contribution in [3.63, 3.8) is 0 Å². The first-order chi connectivity index (χ1) is 10.6. The minimum Gasteiger partial charge on any atom is -0.444 e. The number of nitrogen functional groups attached to an aromatic ring is 1. The highest BCUT2D eigenvalue weighted by Gasteiger charge is 2.17. The average Bonchev–Trinajstić information content (AvgIpc) is 2.41. The van der Waals surface area contributed by atoms with Gasteiger partial charge in [0.25, 0.3) is 0 Å². The van der Waals surface area contributed by atoms with Gasteiger partial charge in [0.1, 0.15) is 5.60 Å². The van der Waals surface area contributed by atoms with Crippen molar-refractivity contribution in [3.8, 4) is 0 Å². The van der Waals surface area contributed by atoms with Gasteiger partial charge in [-0.05, 0) is 57.9 Å². The first-order valence-electron chi connectivity index (χ1n) is 7.53. The standard InChI is InChI=1S/C16H27N3O3S/c1-12-11-13(17)7-8-14(12)23(21,18-5)10-6-9-19-15(20)22-16(2,3)4/h7-8,11H,6,9-10,17H2,1-5H3,(H,19,20). The molecule has 1 aromatic carbocycles. The van der Waals surface area contributed by atoms with Crippen LogP contribution in [-0.2, 0) is 14.5 Å². The molecule has 0 radical (unpaired) electrons. The van der Waals surface area contributed by atoms with Crippen molar-refractivity contribution in [2.45, 2.75) is 44.6 Å². The largest absolute Gasteiger partial charge is 0.444 e. The van der Waals surface area contributed by atoms with Gasteiger partial charge in [0.2, 0.25) is 0 Å². The van der Waals surface area contributed by atoms with Crippen molar-refractivity contribution in [3.05, 3.63) is 23.8 Å². The zero-order valence-electron chi connectivity index (χ0n) is 14.5. The molecule has 0 fully saturated rings. The lowest BCUT2D eigenvalue weighted by Gasteiger charge is -2.19. The number of anilines is 1. The third-order valence-corrected chi connectivity index (χ3v) is 5.68. The van der Waals surface area contributed by atoms with Crippen molar-refractivity contribution in [2.75, 3.05) is 25.1 Å². The monoisotopic (exact) mass is 341 g/mol. The topological polar surface area (TPSA) is 93.8 Å². The van der Waals surface area contributed by atoms with Gasteiger partial charge in [-0.1, -0.05) is 0 Å². The van der Waals surface area contributed by atoms with Gasteiger partial charge in [0.05, 0.1) is 14.6 Å². The molecule has 0 aliphatic rings. The molecular formula is C16H27N3O3S. The first kappa shape index (κ1) is 19.3. The molecule has 7 heteroatoms. The van der Waals surface area contributed by atoms with Crippen molar-refractivity contribution >= 4 is 21.5 Å². The van der Waals surface area contributed by atoms with E-state index < -0.39 is 21.4 Å². The number of alkyl carbamates (subject to hydrolysis) is 1. The molecule has 0 saturated heterocycles.